The number of carbonyl (C=O) groups excluding carboxylic acids is 1. The molecule has 8 heteroatoms. The molecule has 6 rings (SSSR count). The van der Waals surface area contributed by atoms with Crippen LogP contribution in [0.3, 0.4) is 0 Å². The molecular weight excluding hydrogens is 511 g/mol. The standard InChI is InChI=1S/C31H25FN4O2S/c32-22-13-11-21(12-14-22)26-15-16-27(38-26)30-29(25-9-3-4-18-33-25)35-31(39)36(30)19-17-28(37)34-24-10-5-7-20-6-1-2-8-23(20)24/h1-16,18,29-30H,17,19H2,(H,34,37)(H,35,39). The van der Waals surface area contributed by atoms with Crippen molar-refractivity contribution in [2.45, 2.75) is 18.5 Å². The molecule has 2 aromatic heterocycles. The van der Waals surface area contributed by atoms with Crippen molar-refractivity contribution in [3.63, 3.8) is 0 Å². The molecule has 0 saturated carbocycles. The number of hydrogen-bond donors (Lipinski definition) is 2. The lowest BCUT2D eigenvalue weighted by Crippen LogP contribution is -2.32. The van der Waals surface area contributed by atoms with E-state index in [1.165, 1.54) is 12.1 Å². The molecule has 194 valence electrons. The molecule has 2 unspecified atom stereocenters. The number of aromatic nitrogens is 1. The van der Waals surface area contributed by atoms with Crippen molar-refractivity contribution >= 4 is 39.7 Å². The molecule has 5 aromatic rings. The maximum absolute atomic E-state index is 13.5. The molecule has 3 aromatic carbocycles. The van der Waals surface area contributed by atoms with Crippen molar-refractivity contribution in [3.05, 3.63) is 121 Å². The quantitative estimate of drug-likeness (QED) is 0.228. The molecule has 1 amide bonds. The molecule has 1 saturated heterocycles. The van der Waals surface area contributed by atoms with Crippen molar-refractivity contribution in [1.29, 1.82) is 0 Å². The average molecular weight is 537 g/mol. The summed E-state index contributed by atoms with van der Waals surface area (Å²) in [6.07, 6.45) is 1.96. The minimum atomic E-state index is -0.327. The van der Waals surface area contributed by atoms with Gasteiger partial charge in [0.2, 0.25) is 5.91 Å². The molecule has 3 heterocycles. The number of halogens is 1. The Hall–Kier alpha value is -4.56. The highest BCUT2D eigenvalue weighted by molar-refractivity contribution is 7.80. The fourth-order valence-electron chi connectivity index (χ4n) is 5.01. The number of nitrogens with zero attached hydrogens (tertiary/aromatic N) is 2. The summed E-state index contributed by atoms with van der Waals surface area (Å²) < 4.78 is 19.7. The van der Waals surface area contributed by atoms with Gasteiger partial charge in [0, 0.05) is 35.8 Å². The zero-order valence-corrected chi connectivity index (χ0v) is 21.7. The fourth-order valence-corrected chi connectivity index (χ4v) is 5.34. The van der Waals surface area contributed by atoms with E-state index in [0.29, 0.717) is 23.2 Å². The van der Waals surface area contributed by atoms with Gasteiger partial charge in [0.15, 0.2) is 5.11 Å². The largest absolute Gasteiger partial charge is 0.459 e. The second-order valence-electron chi connectivity index (χ2n) is 9.35. The molecule has 6 nitrogen and oxygen atoms in total. The van der Waals surface area contributed by atoms with Gasteiger partial charge in [0.1, 0.15) is 23.4 Å². The smallest absolute Gasteiger partial charge is 0.226 e. The molecule has 1 fully saturated rings. The number of carbonyl (C=O) groups is 1. The van der Waals surface area contributed by atoms with Gasteiger partial charge in [-0.05, 0) is 72.2 Å². The van der Waals surface area contributed by atoms with Gasteiger partial charge < -0.3 is 20.0 Å². The predicted molar refractivity (Wildman–Crippen MR) is 153 cm³/mol. The van der Waals surface area contributed by atoms with Crippen LogP contribution in [-0.2, 0) is 4.79 Å². The molecule has 2 atom stereocenters. The Morgan fingerprint density at radius 2 is 1.77 bits per heavy atom. The third-order valence-electron chi connectivity index (χ3n) is 6.89. The highest BCUT2D eigenvalue weighted by Gasteiger charge is 2.41. The molecule has 1 aliphatic rings. The van der Waals surface area contributed by atoms with Gasteiger partial charge in [0.25, 0.3) is 0 Å². The van der Waals surface area contributed by atoms with Gasteiger partial charge in [-0.3, -0.25) is 9.78 Å². The van der Waals surface area contributed by atoms with Gasteiger partial charge >= 0.3 is 0 Å². The molecule has 1 aliphatic heterocycles. The third kappa shape index (κ3) is 5.11. The molecule has 39 heavy (non-hydrogen) atoms. The van der Waals surface area contributed by atoms with E-state index < -0.39 is 0 Å². The number of nitrogens with one attached hydrogen (secondary N) is 2. The van der Waals surface area contributed by atoms with Crippen LogP contribution < -0.4 is 10.6 Å². The molecular formula is C31H25FN4O2S. The third-order valence-corrected chi connectivity index (χ3v) is 7.24. The van der Waals surface area contributed by atoms with E-state index in [1.54, 1.807) is 18.3 Å². The van der Waals surface area contributed by atoms with E-state index in [4.69, 9.17) is 16.6 Å². The van der Waals surface area contributed by atoms with Gasteiger partial charge in [-0.1, -0.05) is 42.5 Å². The summed E-state index contributed by atoms with van der Waals surface area (Å²) in [7, 11) is 0. The van der Waals surface area contributed by atoms with E-state index in [1.807, 2.05) is 77.7 Å². The van der Waals surface area contributed by atoms with Gasteiger partial charge in [-0.2, -0.15) is 0 Å². The lowest BCUT2D eigenvalue weighted by molar-refractivity contribution is -0.116. The van der Waals surface area contributed by atoms with Gasteiger partial charge in [0.05, 0.1) is 11.7 Å². The maximum atomic E-state index is 13.5. The van der Waals surface area contributed by atoms with Crippen LogP contribution >= 0.6 is 12.2 Å². The highest BCUT2D eigenvalue weighted by atomic mass is 32.1. The van der Waals surface area contributed by atoms with Crippen LogP contribution in [0.2, 0.25) is 0 Å². The zero-order valence-electron chi connectivity index (χ0n) is 20.9. The van der Waals surface area contributed by atoms with E-state index in [2.05, 4.69) is 15.6 Å². The summed E-state index contributed by atoms with van der Waals surface area (Å²) in [5.41, 5.74) is 2.36. The molecule has 0 spiro atoms. The average Bonchev–Trinajstić information content (AvgIpc) is 3.57. The second kappa shape index (κ2) is 10.7. The highest BCUT2D eigenvalue weighted by Crippen LogP contribution is 2.40. The summed E-state index contributed by atoms with van der Waals surface area (Å²) >= 11 is 5.73. The van der Waals surface area contributed by atoms with Crippen molar-refractivity contribution in [3.8, 4) is 11.3 Å². The van der Waals surface area contributed by atoms with Gasteiger partial charge in [-0.25, -0.2) is 4.39 Å². The monoisotopic (exact) mass is 536 g/mol. The number of anilines is 1. The lowest BCUT2D eigenvalue weighted by atomic mass is 10.0. The number of fused-ring (bicyclic) bond motifs is 1. The first-order chi connectivity index (χ1) is 19.1. The Kier molecular flexibility index (Phi) is 6.77. The number of thiocarbonyl (C=S) groups is 1. The number of rotatable bonds is 7. The lowest BCUT2D eigenvalue weighted by Gasteiger charge is -2.26. The first-order valence-corrected chi connectivity index (χ1v) is 13.1. The molecule has 0 aliphatic carbocycles. The minimum absolute atomic E-state index is 0.111. The number of pyridine rings is 1. The fraction of sp³-hybridized carbons (Fsp3) is 0.129. The number of benzene rings is 3. The van der Waals surface area contributed by atoms with Crippen LogP contribution in [0.1, 0.15) is 30.0 Å². The Morgan fingerprint density at radius 3 is 2.59 bits per heavy atom. The van der Waals surface area contributed by atoms with E-state index >= 15 is 0 Å². The summed E-state index contributed by atoms with van der Waals surface area (Å²) in [6, 6.07) is 28.9. The SMILES string of the molecule is O=C(CCN1C(=S)NC(c2ccccn2)C1c1ccc(-c2ccc(F)cc2)o1)Nc1cccc2ccccc12. The zero-order chi connectivity index (χ0) is 26.8. The van der Waals surface area contributed by atoms with Crippen LogP contribution in [0, 0.1) is 5.82 Å². The normalized spacial score (nSPS) is 16.8. The molecule has 0 radical (unpaired) electrons. The Balaban J connectivity index is 1.25. The van der Waals surface area contributed by atoms with Crippen molar-refractivity contribution < 1.29 is 13.6 Å². The van der Waals surface area contributed by atoms with Crippen molar-refractivity contribution in [1.82, 2.24) is 15.2 Å². The minimum Gasteiger partial charge on any atom is -0.459 e. The topological polar surface area (TPSA) is 70.4 Å². The summed E-state index contributed by atoms with van der Waals surface area (Å²) in [5, 5.41) is 9.01. The van der Waals surface area contributed by atoms with E-state index in [0.717, 1.165) is 27.7 Å². The Labute approximate surface area is 230 Å². The Bertz CT molecular complexity index is 1630. The number of amides is 1. The van der Waals surface area contributed by atoms with Crippen LogP contribution in [0.25, 0.3) is 22.1 Å². The van der Waals surface area contributed by atoms with E-state index in [9.17, 15) is 9.18 Å². The number of hydrogen-bond acceptors (Lipinski definition) is 4. The molecule has 0 bridgehead atoms. The summed E-state index contributed by atoms with van der Waals surface area (Å²) in [5.74, 6) is 0.878. The maximum Gasteiger partial charge on any atom is 0.226 e. The van der Waals surface area contributed by atoms with Crippen LogP contribution in [0.15, 0.2) is 108 Å². The predicted octanol–water partition coefficient (Wildman–Crippen LogP) is 6.64. The number of furan rings is 1. The van der Waals surface area contributed by atoms with Crippen LogP contribution in [0.5, 0.6) is 0 Å². The van der Waals surface area contributed by atoms with Crippen LogP contribution in [-0.4, -0.2) is 27.4 Å². The van der Waals surface area contributed by atoms with Crippen molar-refractivity contribution in [2.75, 3.05) is 11.9 Å². The summed E-state index contributed by atoms with van der Waals surface area (Å²) in [4.78, 5) is 19.6. The van der Waals surface area contributed by atoms with Crippen molar-refractivity contribution in [2.24, 2.45) is 0 Å². The summed E-state index contributed by atoms with van der Waals surface area (Å²) in [6.45, 7) is 0.378. The first kappa shape index (κ1) is 24.8. The second-order valence-corrected chi connectivity index (χ2v) is 9.74. The van der Waals surface area contributed by atoms with Gasteiger partial charge in [-0.15, -0.1) is 0 Å². The van der Waals surface area contributed by atoms with E-state index in [-0.39, 0.29) is 30.2 Å². The first-order valence-electron chi connectivity index (χ1n) is 12.7. The molecule has 2 N–H and O–H groups in total. The Morgan fingerprint density at radius 1 is 0.974 bits per heavy atom. The van der Waals surface area contributed by atoms with Crippen LogP contribution in [0.4, 0.5) is 10.1 Å².